The van der Waals surface area contributed by atoms with Gasteiger partial charge in [0.25, 0.3) is 5.78 Å². The van der Waals surface area contributed by atoms with E-state index in [-0.39, 0.29) is 17.7 Å². The van der Waals surface area contributed by atoms with Crippen LogP contribution < -0.4 is 0 Å². The molecule has 6 nitrogen and oxygen atoms in total. The van der Waals surface area contributed by atoms with Crippen LogP contribution in [0.4, 0.5) is 17.6 Å². The Labute approximate surface area is 177 Å². The van der Waals surface area contributed by atoms with Crippen LogP contribution in [-0.4, -0.2) is 49.2 Å². The maximum absolute atomic E-state index is 14.6. The monoisotopic (exact) mass is 444 g/mol. The highest BCUT2D eigenvalue weighted by molar-refractivity contribution is 6.24. The number of allylic oxidation sites excluding steroid dienone is 6. The number of alkyl halides is 3. The Kier molecular flexibility index (Phi) is 8.96. The standard InChI is InChI=1S/C21H24F4N2O4/c1-7-9-15(22)13(12(3)8-2)10-16-17(20(29)30-6)18(31-26-16)14(11-27(4)5)19(28)21(23,24)25/h7,9,11H,3,8,10H2,1-2,4-6H3/b9-7-,14-11-,15-13+. The molecule has 0 aliphatic heterocycles. The van der Waals surface area contributed by atoms with E-state index in [0.717, 1.165) is 13.3 Å². The fourth-order valence-corrected chi connectivity index (χ4v) is 2.58. The minimum atomic E-state index is -5.23. The molecular formula is C21H24F4N2O4. The Balaban J connectivity index is 3.75. The summed E-state index contributed by atoms with van der Waals surface area (Å²) in [6.07, 6.45) is -1.69. The van der Waals surface area contributed by atoms with Gasteiger partial charge in [0, 0.05) is 26.7 Å². The number of ketones is 1. The molecular weight excluding hydrogens is 420 g/mol. The van der Waals surface area contributed by atoms with Gasteiger partial charge >= 0.3 is 12.1 Å². The summed E-state index contributed by atoms with van der Waals surface area (Å²) in [4.78, 5) is 25.6. The molecule has 0 unspecified atom stereocenters. The van der Waals surface area contributed by atoms with Gasteiger partial charge in [-0.25, -0.2) is 9.18 Å². The third-order valence-corrected chi connectivity index (χ3v) is 4.09. The number of ether oxygens (including phenoxy) is 1. The van der Waals surface area contributed by atoms with Crippen LogP contribution >= 0.6 is 0 Å². The second kappa shape index (κ2) is 10.7. The van der Waals surface area contributed by atoms with Crippen molar-refractivity contribution < 1.29 is 36.4 Å². The van der Waals surface area contributed by atoms with Crippen molar-refractivity contribution in [3.05, 3.63) is 58.9 Å². The zero-order chi connectivity index (χ0) is 23.9. The minimum absolute atomic E-state index is 0.0888. The molecule has 0 spiro atoms. The minimum Gasteiger partial charge on any atom is -0.465 e. The number of hydrogen-bond acceptors (Lipinski definition) is 6. The predicted molar refractivity (Wildman–Crippen MR) is 107 cm³/mol. The Morgan fingerprint density at radius 2 is 1.90 bits per heavy atom. The molecule has 0 saturated heterocycles. The first-order valence-corrected chi connectivity index (χ1v) is 9.15. The van der Waals surface area contributed by atoms with Gasteiger partial charge in [0.05, 0.1) is 12.7 Å². The lowest BCUT2D eigenvalue weighted by molar-refractivity contribution is -0.164. The highest BCUT2D eigenvalue weighted by Crippen LogP contribution is 2.33. The number of methoxy groups -OCH3 is 1. The number of nitrogens with zero attached hydrogens (tertiary/aromatic N) is 2. The summed E-state index contributed by atoms with van der Waals surface area (Å²) in [5.41, 5.74) is -1.14. The summed E-state index contributed by atoms with van der Waals surface area (Å²) in [6, 6.07) is 0. The summed E-state index contributed by atoms with van der Waals surface area (Å²) >= 11 is 0. The first-order valence-electron chi connectivity index (χ1n) is 9.15. The number of rotatable bonds is 9. The van der Waals surface area contributed by atoms with E-state index in [0.29, 0.717) is 12.0 Å². The zero-order valence-electron chi connectivity index (χ0n) is 17.9. The predicted octanol–water partition coefficient (Wildman–Crippen LogP) is 4.80. The van der Waals surface area contributed by atoms with E-state index in [1.165, 1.54) is 31.1 Å². The number of Topliss-reactive ketones (excluding diaryl/α,β-unsaturated/α-hetero) is 1. The van der Waals surface area contributed by atoms with Crippen LogP contribution in [0, 0.1) is 0 Å². The topological polar surface area (TPSA) is 72.6 Å². The van der Waals surface area contributed by atoms with Gasteiger partial charge in [-0.1, -0.05) is 24.7 Å². The van der Waals surface area contributed by atoms with E-state index in [2.05, 4.69) is 16.5 Å². The Morgan fingerprint density at radius 3 is 2.35 bits per heavy atom. The molecule has 0 aliphatic carbocycles. The number of aromatic nitrogens is 1. The van der Waals surface area contributed by atoms with Gasteiger partial charge in [0.15, 0.2) is 5.76 Å². The van der Waals surface area contributed by atoms with Gasteiger partial charge in [-0.3, -0.25) is 4.79 Å². The molecule has 1 aromatic rings. The summed E-state index contributed by atoms with van der Waals surface area (Å²) in [7, 11) is 3.78. The smallest absolute Gasteiger partial charge is 0.455 e. The molecule has 1 rings (SSSR count). The molecule has 0 atom stereocenters. The van der Waals surface area contributed by atoms with Crippen LogP contribution in [0.1, 0.15) is 42.1 Å². The van der Waals surface area contributed by atoms with E-state index in [9.17, 15) is 27.2 Å². The molecule has 0 radical (unpaired) electrons. The lowest BCUT2D eigenvalue weighted by atomic mass is 9.95. The van der Waals surface area contributed by atoms with Crippen molar-refractivity contribution in [3.8, 4) is 0 Å². The number of hydrogen-bond donors (Lipinski definition) is 0. The van der Waals surface area contributed by atoms with Crippen LogP contribution in [0.5, 0.6) is 0 Å². The lowest BCUT2D eigenvalue weighted by Crippen LogP contribution is -2.25. The highest BCUT2D eigenvalue weighted by Gasteiger charge is 2.44. The maximum Gasteiger partial charge on any atom is 0.455 e. The molecule has 0 bridgehead atoms. The molecule has 170 valence electrons. The molecule has 0 aromatic carbocycles. The van der Waals surface area contributed by atoms with Crippen molar-refractivity contribution in [2.45, 2.75) is 32.9 Å². The van der Waals surface area contributed by atoms with Crippen molar-refractivity contribution >= 4 is 17.3 Å². The van der Waals surface area contributed by atoms with E-state index >= 15 is 0 Å². The molecule has 0 N–H and O–H groups in total. The van der Waals surface area contributed by atoms with Gasteiger partial charge < -0.3 is 14.2 Å². The van der Waals surface area contributed by atoms with Crippen LogP contribution in [0.3, 0.4) is 0 Å². The Morgan fingerprint density at radius 1 is 1.29 bits per heavy atom. The van der Waals surface area contributed by atoms with Gasteiger partial charge in [0.2, 0.25) is 0 Å². The van der Waals surface area contributed by atoms with Crippen molar-refractivity contribution in [3.63, 3.8) is 0 Å². The fraction of sp³-hybridized carbons (Fsp3) is 0.381. The summed E-state index contributed by atoms with van der Waals surface area (Å²) in [5, 5.41) is 3.66. The molecule has 10 heteroatoms. The fourth-order valence-electron chi connectivity index (χ4n) is 2.58. The zero-order valence-corrected chi connectivity index (χ0v) is 17.9. The summed E-state index contributed by atoms with van der Waals surface area (Å²) < 4.78 is 63.6. The van der Waals surface area contributed by atoms with E-state index in [1.807, 2.05) is 0 Å². The normalized spacial score (nSPS) is 13.3. The van der Waals surface area contributed by atoms with Gasteiger partial charge in [-0.05, 0) is 30.6 Å². The van der Waals surface area contributed by atoms with Gasteiger partial charge in [0.1, 0.15) is 17.1 Å². The van der Waals surface area contributed by atoms with Crippen molar-refractivity contribution in [2.75, 3.05) is 21.2 Å². The SMILES string of the molecule is C=C(CC)/C(Cc1noc(/C(=C/N(C)C)C(=O)C(F)(F)F)c1C(=O)OC)=C(F)\C=C/C. The summed E-state index contributed by atoms with van der Waals surface area (Å²) in [5.74, 6) is -4.68. The van der Waals surface area contributed by atoms with E-state index < -0.39 is 40.7 Å². The van der Waals surface area contributed by atoms with Crippen LogP contribution in [-0.2, 0) is 16.0 Å². The van der Waals surface area contributed by atoms with Crippen molar-refractivity contribution in [1.29, 1.82) is 0 Å². The number of carbonyl (C=O) groups excluding carboxylic acids is 2. The van der Waals surface area contributed by atoms with Gasteiger partial charge in [-0.15, -0.1) is 0 Å². The quantitative estimate of drug-likeness (QED) is 0.236. The van der Waals surface area contributed by atoms with E-state index in [1.54, 1.807) is 13.8 Å². The van der Waals surface area contributed by atoms with Gasteiger partial charge in [-0.2, -0.15) is 13.2 Å². The molecule has 31 heavy (non-hydrogen) atoms. The highest BCUT2D eigenvalue weighted by atomic mass is 19.4. The third-order valence-electron chi connectivity index (χ3n) is 4.09. The third kappa shape index (κ3) is 6.40. The second-order valence-corrected chi connectivity index (χ2v) is 6.62. The first-order chi connectivity index (χ1) is 14.4. The maximum atomic E-state index is 14.6. The van der Waals surface area contributed by atoms with Crippen molar-refractivity contribution in [1.82, 2.24) is 10.1 Å². The number of carbonyl (C=O) groups is 2. The Hall–Kier alpha value is -3.17. The number of halogens is 4. The van der Waals surface area contributed by atoms with Crippen molar-refractivity contribution in [2.24, 2.45) is 0 Å². The van der Waals surface area contributed by atoms with Crippen LogP contribution in [0.15, 0.2) is 46.4 Å². The van der Waals surface area contributed by atoms with E-state index in [4.69, 9.17) is 4.52 Å². The Bertz CT molecular complexity index is 938. The van der Waals surface area contributed by atoms with Crippen LogP contribution in [0.25, 0.3) is 5.57 Å². The average molecular weight is 444 g/mol. The van der Waals surface area contributed by atoms with Crippen LogP contribution in [0.2, 0.25) is 0 Å². The first kappa shape index (κ1) is 25.9. The largest absolute Gasteiger partial charge is 0.465 e. The molecule has 1 aromatic heterocycles. The molecule has 1 heterocycles. The lowest BCUT2D eigenvalue weighted by Gasteiger charge is -2.12. The molecule has 0 amide bonds. The number of esters is 1. The summed E-state index contributed by atoms with van der Waals surface area (Å²) in [6.45, 7) is 7.12. The second-order valence-electron chi connectivity index (χ2n) is 6.62. The molecule has 0 fully saturated rings. The average Bonchev–Trinajstić information content (AvgIpc) is 3.11. The molecule has 0 saturated carbocycles. The molecule has 0 aliphatic rings.